The van der Waals surface area contributed by atoms with Gasteiger partial charge in [-0.3, -0.25) is 0 Å². The van der Waals surface area contributed by atoms with Gasteiger partial charge in [0, 0.05) is 6.07 Å². The van der Waals surface area contributed by atoms with Gasteiger partial charge in [0.15, 0.2) is 5.69 Å². The first kappa shape index (κ1) is 13.0. The van der Waals surface area contributed by atoms with Gasteiger partial charge < -0.3 is 5.21 Å². The molecule has 0 aliphatic heterocycles. The lowest BCUT2D eigenvalue weighted by Gasteiger charge is -2.14. The first-order valence-corrected chi connectivity index (χ1v) is 5.72. The van der Waals surface area contributed by atoms with Crippen molar-refractivity contribution in [2.24, 2.45) is 0 Å². The second-order valence-electron chi connectivity index (χ2n) is 3.93. The molecule has 0 heterocycles. The smallest absolute Gasteiger partial charge is 0.172 e. The zero-order chi connectivity index (χ0) is 13.7. The molecule has 0 amide bonds. The Bertz CT molecular complexity index is 628. The lowest BCUT2D eigenvalue weighted by molar-refractivity contribution is -0.991. The molecular weight excluding hydrogens is 240 g/mol. The molecule has 2 aromatic carbocycles. The van der Waals surface area contributed by atoms with E-state index in [4.69, 9.17) is 5.21 Å². The Morgan fingerprint density at radius 2 is 1.74 bits per heavy atom. The SMILES string of the molecule is N#C/C(=C\c1ccccc1)c1ccccc1[NH+]([O-])O. The van der Waals surface area contributed by atoms with Crippen LogP contribution in [-0.4, -0.2) is 5.21 Å². The molecule has 0 aliphatic carbocycles. The Labute approximate surface area is 111 Å². The highest BCUT2D eigenvalue weighted by Crippen LogP contribution is 2.22. The Morgan fingerprint density at radius 1 is 1.11 bits per heavy atom. The summed E-state index contributed by atoms with van der Waals surface area (Å²) in [4.78, 5) is 0. The van der Waals surface area contributed by atoms with Crippen LogP contribution in [0.2, 0.25) is 0 Å². The molecule has 94 valence electrons. The van der Waals surface area contributed by atoms with Crippen LogP contribution in [0, 0.1) is 16.5 Å². The molecule has 1 unspecified atom stereocenters. The number of hydrogen-bond donors (Lipinski definition) is 2. The summed E-state index contributed by atoms with van der Waals surface area (Å²) in [7, 11) is 0. The molecular formula is C15H12N2O2. The monoisotopic (exact) mass is 252 g/mol. The van der Waals surface area contributed by atoms with E-state index in [9.17, 15) is 10.5 Å². The van der Waals surface area contributed by atoms with E-state index in [1.807, 2.05) is 30.3 Å². The Morgan fingerprint density at radius 3 is 2.37 bits per heavy atom. The van der Waals surface area contributed by atoms with E-state index < -0.39 is 5.23 Å². The van der Waals surface area contributed by atoms with Crippen molar-refractivity contribution in [2.45, 2.75) is 0 Å². The van der Waals surface area contributed by atoms with Crippen molar-refractivity contribution in [3.05, 3.63) is 70.9 Å². The minimum atomic E-state index is -1.04. The topological polar surface area (TPSA) is 71.5 Å². The maximum atomic E-state index is 11.2. The molecule has 0 spiro atoms. The number of quaternary nitrogens is 1. The van der Waals surface area contributed by atoms with Gasteiger partial charge >= 0.3 is 0 Å². The van der Waals surface area contributed by atoms with Crippen LogP contribution in [0.3, 0.4) is 0 Å². The number of nitriles is 1. The van der Waals surface area contributed by atoms with Crippen LogP contribution in [0.25, 0.3) is 11.6 Å². The summed E-state index contributed by atoms with van der Waals surface area (Å²) in [5.74, 6) is 0. The van der Waals surface area contributed by atoms with Crippen LogP contribution in [0.1, 0.15) is 11.1 Å². The maximum Gasteiger partial charge on any atom is 0.172 e. The van der Waals surface area contributed by atoms with E-state index in [-0.39, 0.29) is 5.69 Å². The first-order valence-electron chi connectivity index (χ1n) is 5.72. The Kier molecular flexibility index (Phi) is 4.06. The van der Waals surface area contributed by atoms with Gasteiger partial charge in [0.25, 0.3) is 0 Å². The van der Waals surface area contributed by atoms with E-state index in [0.29, 0.717) is 11.1 Å². The fraction of sp³-hybridized carbons (Fsp3) is 0. The van der Waals surface area contributed by atoms with Gasteiger partial charge in [-0.15, -0.1) is 0 Å². The van der Waals surface area contributed by atoms with E-state index in [1.54, 1.807) is 24.3 Å². The predicted molar refractivity (Wildman–Crippen MR) is 72.1 cm³/mol. The van der Waals surface area contributed by atoms with E-state index in [0.717, 1.165) is 5.56 Å². The quantitative estimate of drug-likeness (QED) is 0.499. The molecule has 0 aromatic heterocycles. The summed E-state index contributed by atoms with van der Waals surface area (Å²) in [5.41, 5.74) is 1.76. The summed E-state index contributed by atoms with van der Waals surface area (Å²) in [5, 5.41) is 28.5. The third-order valence-corrected chi connectivity index (χ3v) is 2.68. The summed E-state index contributed by atoms with van der Waals surface area (Å²) >= 11 is 0. The Balaban J connectivity index is 2.50. The minimum absolute atomic E-state index is 0.131. The van der Waals surface area contributed by atoms with Gasteiger partial charge in [-0.05, 0) is 17.7 Å². The van der Waals surface area contributed by atoms with Gasteiger partial charge in [-0.25, -0.2) is 5.21 Å². The molecule has 1 atom stereocenters. The van der Waals surface area contributed by atoms with Gasteiger partial charge in [0.2, 0.25) is 0 Å². The van der Waals surface area contributed by atoms with Crippen molar-refractivity contribution >= 4 is 17.3 Å². The molecule has 0 bridgehead atoms. The van der Waals surface area contributed by atoms with Crippen LogP contribution in [0.5, 0.6) is 0 Å². The van der Waals surface area contributed by atoms with Crippen LogP contribution >= 0.6 is 0 Å². The first-order chi connectivity index (χ1) is 9.22. The molecule has 0 saturated heterocycles. The molecule has 4 nitrogen and oxygen atoms in total. The summed E-state index contributed by atoms with van der Waals surface area (Å²) in [6.07, 6.45) is 1.68. The molecule has 2 rings (SSSR count). The molecule has 0 radical (unpaired) electrons. The zero-order valence-corrected chi connectivity index (χ0v) is 10.1. The highest BCUT2D eigenvalue weighted by Gasteiger charge is 2.12. The fourth-order valence-electron chi connectivity index (χ4n) is 1.79. The summed E-state index contributed by atoms with van der Waals surface area (Å²) in [6.45, 7) is 0. The molecule has 2 aromatic rings. The largest absolute Gasteiger partial charge is 0.595 e. The number of allylic oxidation sites excluding steroid dienone is 1. The second-order valence-corrected chi connectivity index (χ2v) is 3.93. The number of nitrogens with zero attached hydrogens (tertiary/aromatic N) is 1. The molecule has 0 fully saturated rings. The molecule has 4 heteroatoms. The van der Waals surface area contributed by atoms with E-state index in [1.165, 1.54) is 6.07 Å². The number of hydrogen-bond acceptors (Lipinski definition) is 3. The Hall–Kier alpha value is -2.45. The zero-order valence-electron chi connectivity index (χ0n) is 10.1. The lowest BCUT2D eigenvalue weighted by atomic mass is 10.0. The van der Waals surface area contributed by atoms with Crippen molar-refractivity contribution in [1.29, 1.82) is 5.26 Å². The molecule has 2 N–H and O–H groups in total. The van der Waals surface area contributed by atoms with Gasteiger partial charge in [-0.1, -0.05) is 42.5 Å². The average Bonchev–Trinajstić information content (AvgIpc) is 2.46. The minimum Gasteiger partial charge on any atom is -0.595 e. The summed E-state index contributed by atoms with van der Waals surface area (Å²) < 4.78 is 0. The standard InChI is InChI=1S/C15H12N2O2/c16-11-13(10-12-6-2-1-3-7-12)14-8-4-5-9-15(14)17(18)19/h1-10,17-18H/b13-10+. The van der Waals surface area contributed by atoms with Crippen LogP contribution in [0.15, 0.2) is 54.6 Å². The predicted octanol–water partition coefficient (Wildman–Crippen LogP) is 2.15. The number of benzene rings is 2. The highest BCUT2D eigenvalue weighted by atomic mass is 16.8. The number of rotatable bonds is 3. The van der Waals surface area contributed by atoms with E-state index in [2.05, 4.69) is 6.07 Å². The highest BCUT2D eigenvalue weighted by molar-refractivity contribution is 5.92. The van der Waals surface area contributed by atoms with Crippen molar-refractivity contribution in [2.75, 3.05) is 0 Å². The third kappa shape index (κ3) is 3.06. The van der Waals surface area contributed by atoms with Gasteiger partial charge in [0.05, 0.1) is 11.1 Å². The van der Waals surface area contributed by atoms with Crippen molar-refractivity contribution in [1.82, 2.24) is 0 Å². The van der Waals surface area contributed by atoms with Gasteiger partial charge in [0.1, 0.15) is 6.07 Å². The summed E-state index contributed by atoms with van der Waals surface area (Å²) in [6, 6.07) is 17.9. The fourth-order valence-corrected chi connectivity index (χ4v) is 1.79. The lowest BCUT2D eigenvalue weighted by Crippen LogP contribution is -2.99. The third-order valence-electron chi connectivity index (χ3n) is 2.68. The molecule has 0 saturated carbocycles. The van der Waals surface area contributed by atoms with Crippen LogP contribution < -0.4 is 5.23 Å². The van der Waals surface area contributed by atoms with Crippen LogP contribution in [-0.2, 0) is 0 Å². The normalized spacial score (nSPS) is 12.8. The molecule has 19 heavy (non-hydrogen) atoms. The van der Waals surface area contributed by atoms with Crippen molar-refractivity contribution in [3.8, 4) is 6.07 Å². The average molecular weight is 252 g/mol. The van der Waals surface area contributed by atoms with Gasteiger partial charge in [-0.2, -0.15) is 10.5 Å². The maximum absolute atomic E-state index is 11.2. The van der Waals surface area contributed by atoms with Crippen molar-refractivity contribution in [3.63, 3.8) is 0 Å². The van der Waals surface area contributed by atoms with Crippen LogP contribution in [0.4, 0.5) is 5.69 Å². The van der Waals surface area contributed by atoms with E-state index >= 15 is 0 Å². The number of para-hydroxylation sites is 1. The van der Waals surface area contributed by atoms with Crippen molar-refractivity contribution < 1.29 is 10.4 Å². The second kappa shape index (κ2) is 5.94. The number of nitrogens with one attached hydrogen (secondary N) is 1. The molecule has 0 aliphatic rings.